The maximum absolute atomic E-state index is 12.1. The molecule has 3 fully saturated rings. The Morgan fingerprint density at radius 2 is 2.19 bits per heavy atom. The van der Waals surface area contributed by atoms with Gasteiger partial charge in [-0.2, -0.15) is 0 Å². The normalized spacial score (nSPS) is 25.4. The second-order valence-corrected chi connectivity index (χ2v) is 8.19. The van der Waals surface area contributed by atoms with Gasteiger partial charge in [0.1, 0.15) is 18.2 Å². The molecule has 27 heavy (non-hydrogen) atoms. The number of aryl methyl sites for hydroxylation is 1. The van der Waals surface area contributed by atoms with Crippen LogP contribution in [0, 0.1) is 12.8 Å². The molecule has 146 valence electrons. The van der Waals surface area contributed by atoms with Crippen LogP contribution in [-0.4, -0.2) is 55.0 Å². The lowest BCUT2D eigenvalue weighted by atomic mass is 9.83. The third-order valence-corrected chi connectivity index (χ3v) is 5.82. The number of hydrogen-bond acceptors (Lipinski definition) is 5. The predicted octanol–water partition coefficient (Wildman–Crippen LogP) is 2.87. The number of carbonyl (C=O) groups is 2. The van der Waals surface area contributed by atoms with Crippen molar-refractivity contribution in [1.82, 2.24) is 10.2 Å². The largest absolute Gasteiger partial charge is 0.447 e. The summed E-state index contributed by atoms with van der Waals surface area (Å²) in [7, 11) is 0. The van der Waals surface area contributed by atoms with Crippen LogP contribution in [0.5, 0.6) is 0 Å². The molecule has 2 amide bonds. The molecule has 0 atom stereocenters. The average Bonchev–Trinajstić information content (AvgIpc) is 2.96. The Morgan fingerprint density at radius 3 is 2.85 bits per heavy atom. The van der Waals surface area contributed by atoms with Crippen LogP contribution >= 0.6 is 11.6 Å². The maximum atomic E-state index is 12.1. The minimum Gasteiger partial charge on any atom is -0.447 e. The summed E-state index contributed by atoms with van der Waals surface area (Å²) in [6, 6.07) is 5.89. The van der Waals surface area contributed by atoms with E-state index in [1.165, 1.54) is 0 Å². The van der Waals surface area contributed by atoms with E-state index < -0.39 is 11.6 Å². The summed E-state index contributed by atoms with van der Waals surface area (Å²) >= 11 is 6.02. The highest BCUT2D eigenvalue weighted by Gasteiger charge is 2.52. The van der Waals surface area contributed by atoms with E-state index in [4.69, 9.17) is 25.8 Å². The standard InChI is InChI=1S/C19H23ClN2O5/c1-12-4-13(2-3-16(12)20)7-25-8-14-5-15(6-14)27-18(24)22-9-19(10-22)11-26-17(23)21-19/h2-4,14-15H,5-11H2,1H3,(H,21,23). The van der Waals surface area contributed by atoms with Crippen LogP contribution < -0.4 is 5.32 Å². The zero-order valence-electron chi connectivity index (χ0n) is 15.2. The Bertz CT molecular complexity index is 744. The fourth-order valence-electron chi connectivity index (χ4n) is 3.74. The van der Waals surface area contributed by atoms with Gasteiger partial charge >= 0.3 is 12.2 Å². The highest BCUT2D eigenvalue weighted by Crippen LogP contribution is 2.33. The van der Waals surface area contributed by atoms with Crippen molar-refractivity contribution in [3.05, 3.63) is 34.3 Å². The van der Waals surface area contributed by atoms with Gasteiger partial charge in [-0.1, -0.05) is 23.7 Å². The van der Waals surface area contributed by atoms with E-state index in [0.717, 1.165) is 29.0 Å². The lowest BCUT2D eigenvalue weighted by Crippen LogP contribution is -2.70. The third kappa shape index (κ3) is 3.99. The van der Waals surface area contributed by atoms with Gasteiger partial charge < -0.3 is 24.4 Å². The zero-order valence-corrected chi connectivity index (χ0v) is 16.0. The molecule has 0 unspecified atom stereocenters. The van der Waals surface area contributed by atoms with Crippen molar-refractivity contribution >= 4 is 23.8 Å². The highest BCUT2D eigenvalue weighted by atomic mass is 35.5. The number of nitrogens with zero attached hydrogens (tertiary/aromatic N) is 1. The van der Waals surface area contributed by atoms with Crippen molar-refractivity contribution in [2.45, 2.75) is 38.0 Å². The van der Waals surface area contributed by atoms with E-state index in [2.05, 4.69) is 5.32 Å². The van der Waals surface area contributed by atoms with E-state index in [0.29, 0.717) is 38.8 Å². The van der Waals surface area contributed by atoms with E-state index in [-0.39, 0.29) is 12.2 Å². The number of ether oxygens (including phenoxy) is 3. The van der Waals surface area contributed by atoms with Crippen molar-refractivity contribution in [3.63, 3.8) is 0 Å². The van der Waals surface area contributed by atoms with Gasteiger partial charge in [-0.3, -0.25) is 0 Å². The number of carbonyl (C=O) groups excluding carboxylic acids is 2. The molecule has 1 aliphatic carbocycles. The van der Waals surface area contributed by atoms with Gasteiger partial charge in [0, 0.05) is 5.02 Å². The van der Waals surface area contributed by atoms with E-state index >= 15 is 0 Å². The Kier molecular flexibility index (Phi) is 4.90. The molecule has 7 nitrogen and oxygen atoms in total. The molecular weight excluding hydrogens is 372 g/mol. The smallest absolute Gasteiger partial charge is 0.410 e. The molecule has 1 aromatic rings. The molecule has 0 aromatic heterocycles. The number of halogens is 1. The zero-order chi connectivity index (χ0) is 19.0. The fraction of sp³-hybridized carbons (Fsp3) is 0.579. The summed E-state index contributed by atoms with van der Waals surface area (Å²) in [6.45, 7) is 4.39. The van der Waals surface area contributed by atoms with Gasteiger partial charge in [0.15, 0.2) is 0 Å². The van der Waals surface area contributed by atoms with Crippen LogP contribution in [0.2, 0.25) is 5.02 Å². The number of cyclic esters (lactones) is 1. The molecule has 1 N–H and O–H groups in total. The predicted molar refractivity (Wildman–Crippen MR) is 97.6 cm³/mol. The molecule has 1 aromatic carbocycles. The molecule has 2 saturated heterocycles. The first-order valence-electron chi connectivity index (χ1n) is 9.16. The molecule has 1 saturated carbocycles. The van der Waals surface area contributed by atoms with E-state index in [9.17, 15) is 9.59 Å². The molecule has 8 heteroatoms. The minimum absolute atomic E-state index is 0.0464. The molecule has 3 aliphatic rings. The van der Waals surface area contributed by atoms with Crippen molar-refractivity contribution in [1.29, 1.82) is 0 Å². The molecular formula is C19H23ClN2O5. The topological polar surface area (TPSA) is 77.1 Å². The molecule has 1 spiro atoms. The lowest BCUT2D eigenvalue weighted by Gasteiger charge is -2.46. The first-order chi connectivity index (χ1) is 12.9. The van der Waals surface area contributed by atoms with Gasteiger partial charge in [-0.05, 0) is 42.9 Å². The number of alkyl carbamates (subject to hydrolysis) is 1. The molecule has 2 heterocycles. The Hall–Kier alpha value is -1.99. The van der Waals surface area contributed by atoms with Crippen LogP contribution in [0.4, 0.5) is 9.59 Å². The molecule has 0 radical (unpaired) electrons. The van der Waals surface area contributed by atoms with Crippen LogP contribution in [0.15, 0.2) is 18.2 Å². The van der Waals surface area contributed by atoms with Gasteiger partial charge in [0.05, 0.1) is 26.3 Å². The molecule has 0 bridgehead atoms. The number of benzene rings is 1. The summed E-state index contributed by atoms with van der Waals surface area (Å²) in [5.74, 6) is 0.418. The van der Waals surface area contributed by atoms with Crippen LogP contribution in [0.25, 0.3) is 0 Å². The molecule has 4 rings (SSSR count). The van der Waals surface area contributed by atoms with Crippen molar-refractivity contribution in [2.24, 2.45) is 5.92 Å². The third-order valence-electron chi connectivity index (χ3n) is 5.40. The van der Waals surface area contributed by atoms with Crippen molar-refractivity contribution < 1.29 is 23.8 Å². The second-order valence-electron chi connectivity index (χ2n) is 7.78. The summed E-state index contributed by atoms with van der Waals surface area (Å²) in [6.07, 6.45) is 0.866. The lowest BCUT2D eigenvalue weighted by molar-refractivity contribution is -0.0490. The monoisotopic (exact) mass is 394 g/mol. The van der Waals surface area contributed by atoms with Gasteiger partial charge in [0.25, 0.3) is 0 Å². The second kappa shape index (κ2) is 7.20. The SMILES string of the molecule is Cc1cc(COCC2CC(OC(=O)N3CC4(COC(=O)N4)C3)C2)ccc1Cl. The Morgan fingerprint density at radius 1 is 1.41 bits per heavy atom. The Balaban J connectivity index is 1.11. The number of nitrogens with one attached hydrogen (secondary N) is 1. The maximum Gasteiger partial charge on any atom is 0.410 e. The van der Waals surface area contributed by atoms with Crippen LogP contribution in [0.1, 0.15) is 24.0 Å². The average molecular weight is 395 g/mol. The first kappa shape index (κ1) is 18.4. The summed E-state index contributed by atoms with van der Waals surface area (Å²) < 4.78 is 16.2. The van der Waals surface area contributed by atoms with Crippen LogP contribution in [0.3, 0.4) is 0 Å². The van der Waals surface area contributed by atoms with Gasteiger partial charge in [0.2, 0.25) is 0 Å². The quantitative estimate of drug-likeness (QED) is 0.830. The summed E-state index contributed by atoms with van der Waals surface area (Å²) in [5, 5.41) is 3.51. The van der Waals surface area contributed by atoms with Crippen molar-refractivity contribution in [3.8, 4) is 0 Å². The number of likely N-dealkylation sites (tertiary alicyclic amines) is 1. The van der Waals surface area contributed by atoms with Gasteiger partial charge in [-0.15, -0.1) is 0 Å². The number of amides is 2. The fourth-order valence-corrected chi connectivity index (χ4v) is 3.86. The summed E-state index contributed by atoms with van der Waals surface area (Å²) in [4.78, 5) is 24.8. The van der Waals surface area contributed by atoms with Crippen molar-refractivity contribution in [2.75, 3.05) is 26.3 Å². The minimum atomic E-state index is -0.418. The number of hydrogen-bond donors (Lipinski definition) is 1. The van der Waals surface area contributed by atoms with E-state index in [1.54, 1.807) is 4.90 Å². The Labute approximate surface area is 162 Å². The first-order valence-corrected chi connectivity index (χ1v) is 9.53. The van der Waals surface area contributed by atoms with Crippen LogP contribution in [-0.2, 0) is 20.8 Å². The number of rotatable bonds is 5. The molecule has 2 aliphatic heterocycles. The summed E-state index contributed by atoms with van der Waals surface area (Å²) in [5.41, 5.74) is 1.74. The van der Waals surface area contributed by atoms with Gasteiger partial charge in [-0.25, -0.2) is 9.59 Å². The van der Waals surface area contributed by atoms with E-state index in [1.807, 2.05) is 25.1 Å². The highest BCUT2D eigenvalue weighted by molar-refractivity contribution is 6.31.